The molecule has 230 valence electrons. The van der Waals surface area contributed by atoms with E-state index in [0.717, 1.165) is 61.2 Å². The molecule has 3 atom stereocenters. The van der Waals surface area contributed by atoms with E-state index in [1.54, 1.807) is 16.2 Å². The van der Waals surface area contributed by atoms with Crippen LogP contribution in [0, 0.1) is 11.8 Å². The van der Waals surface area contributed by atoms with Gasteiger partial charge in [-0.15, -0.1) is 11.3 Å². The Labute approximate surface area is 253 Å². The Morgan fingerprint density at radius 1 is 1.15 bits per heavy atom. The van der Waals surface area contributed by atoms with Gasteiger partial charge in [0.15, 0.2) is 0 Å². The number of allylic oxidation sites excluding steroid dienone is 3. The van der Waals surface area contributed by atoms with Gasteiger partial charge in [-0.2, -0.15) is 0 Å². The van der Waals surface area contributed by atoms with Gasteiger partial charge in [0.2, 0.25) is 0 Å². The molecule has 0 saturated carbocycles. The number of carbonyl (C=O) groups excluding carboxylic acids is 1. The third-order valence-electron chi connectivity index (χ3n) is 8.67. The van der Waals surface area contributed by atoms with Crippen LogP contribution in [0.2, 0.25) is 0 Å². The highest BCUT2D eigenvalue weighted by atomic mass is 32.1. The summed E-state index contributed by atoms with van der Waals surface area (Å²) >= 11 is 1.65. The average Bonchev–Trinajstić information content (AvgIpc) is 3.44. The van der Waals surface area contributed by atoms with Crippen LogP contribution in [0.1, 0.15) is 108 Å². The van der Waals surface area contributed by atoms with Crippen molar-refractivity contribution in [3.8, 4) is 0 Å². The standard InChI is InChI=1S/C34H54N2O4S/c1-7-13-30(16-12-21-40-34(38)35-19-22-39-23-20-35)36(27(5)26(4)18-17-25(3)8-2)31-24-32(41-33(31)28(6)37)29-14-10-9-11-15-29/h14,24-26,30,37H,5-13,15-23H2,1-4H3. The minimum Gasteiger partial charge on any atom is -0.507 e. The maximum atomic E-state index is 12.5. The van der Waals surface area contributed by atoms with E-state index < -0.39 is 0 Å². The van der Waals surface area contributed by atoms with Gasteiger partial charge in [0.25, 0.3) is 0 Å². The van der Waals surface area contributed by atoms with Crippen LogP contribution < -0.4 is 4.90 Å². The molecule has 41 heavy (non-hydrogen) atoms. The third-order valence-corrected chi connectivity index (χ3v) is 9.92. The Balaban J connectivity index is 1.85. The number of hydrogen-bond donors (Lipinski definition) is 1. The number of anilines is 1. The predicted molar refractivity (Wildman–Crippen MR) is 174 cm³/mol. The molecular weight excluding hydrogens is 532 g/mol. The zero-order chi connectivity index (χ0) is 29.8. The summed E-state index contributed by atoms with van der Waals surface area (Å²) in [6.45, 7) is 20.4. The number of hydrogen-bond acceptors (Lipinski definition) is 6. The zero-order valence-corrected chi connectivity index (χ0v) is 26.9. The van der Waals surface area contributed by atoms with Crippen molar-refractivity contribution in [2.24, 2.45) is 11.8 Å². The van der Waals surface area contributed by atoms with Crippen LogP contribution >= 0.6 is 11.3 Å². The Morgan fingerprint density at radius 2 is 1.90 bits per heavy atom. The van der Waals surface area contributed by atoms with Gasteiger partial charge in [-0.25, -0.2) is 4.79 Å². The topological polar surface area (TPSA) is 62.2 Å². The highest BCUT2D eigenvalue weighted by Crippen LogP contribution is 2.44. The molecule has 2 aliphatic rings. The molecule has 0 radical (unpaired) electrons. The minimum absolute atomic E-state index is 0.118. The SMILES string of the molecule is C=C(O)c1sc(C2=CCCCC2)cc1N(C(=C)C(C)CCC(C)CC)C(CCC)CCCOC(=O)N1CCOCC1. The lowest BCUT2D eigenvalue weighted by Gasteiger charge is -2.38. The number of thiophene rings is 1. The average molecular weight is 587 g/mol. The second kappa shape index (κ2) is 17.0. The molecule has 3 rings (SSSR count). The molecule has 1 fully saturated rings. The normalized spacial score (nSPS) is 17.9. The van der Waals surface area contributed by atoms with Crippen LogP contribution in [0.3, 0.4) is 0 Å². The molecule has 1 aliphatic heterocycles. The lowest BCUT2D eigenvalue weighted by molar-refractivity contribution is 0.0267. The van der Waals surface area contributed by atoms with E-state index in [9.17, 15) is 9.90 Å². The lowest BCUT2D eigenvalue weighted by Crippen LogP contribution is -2.41. The van der Waals surface area contributed by atoms with Gasteiger partial charge >= 0.3 is 6.09 Å². The molecule has 1 N–H and O–H groups in total. The molecule has 1 aromatic rings. The fourth-order valence-corrected chi connectivity index (χ4v) is 6.85. The summed E-state index contributed by atoms with van der Waals surface area (Å²) in [5.74, 6) is 1.11. The van der Waals surface area contributed by atoms with E-state index in [1.165, 1.54) is 36.1 Å². The van der Waals surface area contributed by atoms with E-state index >= 15 is 0 Å². The van der Waals surface area contributed by atoms with Crippen molar-refractivity contribution in [2.45, 2.75) is 104 Å². The Bertz CT molecular complexity index is 1030. The fraction of sp³-hybridized carbons (Fsp3) is 0.676. The molecular formula is C34H54N2O4S. The third kappa shape index (κ3) is 9.64. The van der Waals surface area contributed by atoms with Crippen LogP contribution in [0.5, 0.6) is 0 Å². The van der Waals surface area contributed by atoms with Crippen LogP contribution in [0.25, 0.3) is 11.3 Å². The quantitative estimate of drug-likeness (QED) is 0.154. The van der Waals surface area contributed by atoms with Gasteiger partial charge in [0.05, 0.1) is 30.4 Å². The molecule has 0 aromatic carbocycles. The van der Waals surface area contributed by atoms with Crippen molar-refractivity contribution in [1.29, 1.82) is 0 Å². The zero-order valence-electron chi connectivity index (χ0n) is 26.1. The number of aliphatic hydroxyl groups is 1. The van der Waals surface area contributed by atoms with E-state index in [4.69, 9.17) is 9.47 Å². The Hall–Kier alpha value is -2.25. The first-order valence-electron chi connectivity index (χ1n) is 16.0. The maximum absolute atomic E-state index is 12.5. The molecule has 7 heteroatoms. The number of amides is 1. The first-order chi connectivity index (χ1) is 19.8. The maximum Gasteiger partial charge on any atom is 0.409 e. The molecule has 3 unspecified atom stereocenters. The van der Waals surface area contributed by atoms with Crippen molar-refractivity contribution in [3.63, 3.8) is 0 Å². The largest absolute Gasteiger partial charge is 0.507 e. The van der Waals surface area contributed by atoms with Crippen LogP contribution in [-0.2, 0) is 9.47 Å². The molecule has 0 spiro atoms. The van der Waals surface area contributed by atoms with E-state index in [0.29, 0.717) is 44.7 Å². The van der Waals surface area contributed by atoms with Gasteiger partial charge in [-0.1, -0.05) is 66.2 Å². The predicted octanol–water partition coefficient (Wildman–Crippen LogP) is 9.43. The molecule has 1 amide bonds. The second-order valence-corrected chi connectivity index (χ2v) is 13.0. The molecule has 6 nitrogen and oxygen atoms in total. The van der Waals surface area contributed by atoms with Crippen molar-refractivity contribution >= 4 is 34.4 Å². The summed E-state index contributed by atoms with van der Waals surface area (Å²) in [7, 11) is 0. The first kappa shape index (κ1) is 33.3. The van der Waals surface area contributed by atoms with E-state index in [-0.39, 0.29) is 17.9 Å². The summed E-state index contributed by atoms with van der Waals surface area (Å²) in [5, 5.41) is 10.8. The van der Waals surface area contributed by atoms with E-state index in [1.807, 2.05) is 0 Å². The van der Waals surface area contributed by atoms with Gasteiger partial charge < -0.3 is 24.4 Å². The summed E-state index contributed by atoms with van der Waals surface area (Å²) in [6.07, 6.45) is 13.8. The number of rotatable bonds is 16. The number of aliphatic hydroxyl groups excluding tert-OH is 1. The first-order valence-corrected chi connectivity index (χ1v) is 16.8. The van der Waals surface area contributed by atoms with Gasteiger partial charge in [-0.3, -0.25) is 0 Å². The Morgan fingerprint density at radius 3 is 2.54 bits per heavy atom. The number of morpholine rings is 1. The van der Waals surface area contributed by atoms with Crippen molar-refractivity contribution in [1.82, 2.24) is 4.90 Å². The van der Waals surface area contributed by atoms with Crippen LogP contribution in [0.15, 0.2) is 31.0 Å². The van der Waals surface area contributed by atoms with Gasteiger partial charge in [0.1, 0.15) is 5.76 Å². The van der Waals surface area contributed by atoms with Gasteiger partial charge in [0, 0.05) is 29.7 Å². The highest BCUT2D eigenvalue weighted by molar-refractivity contribution is 7.14. The fourth-order valence-electron chi connectivity index (χ4n) is 5.77. The van der Waals surface area contributed by atoms with Crippen molar-refractivity contribution < 1.29 is 19.4 Å². The molecule has 1 aliphatic carbocycles. The summed E-state index contributed by atoms with van der Waals surface area (Å²) < 4.78 is 11.0. The second-order valence-electron chi connectivity index (χ2n) is 11.9. The van der Waals surface area contributed by atoms with Crippen molar-refractivity contribution in [2.75, 3.05) is 37.8 Å². The van der Waals surface area contributed by atoms with Crippen LogP contribution in [-0.4, -0.2) is 55.1 Å². The minimum atomic E-state index is -0.248. The van der Waals surface area contributed by atoms with Crippen LogP contribution in [0.4, 0.5) is 10.5 Å². The summed E-state index contributed by atoms with van der Waals surface area (Å²) in [5.41, 5.74) is 3.50. The number of ether oxygens (including phenoxy) is 2. The molecule has 1 saturated heterocycles. The summed E-state index contributed by atoms with van der Waals surface area (Å²) in [4.78, 5) is 18.7. The monoisotopic (exact) mass is 586 g/mol. The number of carbonyl (C=O) groups is 1. The van der Waals surface area contributed by atoms with Crippen molar-refractivity contribution in [3.05, 3.63) is 40.8 Å². The highest BCUT2D eigenvalue weighted by Gasteiger charge is 2.29. The lowest BCUT2D eigenvalue weighted by atomic mass is 9.92. The molecule has 1 aromatic heterocycles. The smallest absolute Gasteiger partial charge is 0.409 e. The number of nitrogens with zero attached hydrogens (tertiary/aromatic N) is 2. The summed E-state index contributed by atoms with van der Waals surface area (Å²) in [6, 6.07) is 2.45. The molecule has 0 bridgehead atoms. The Kier molecular flexibility index (Phi) is 13.8. The van der Waals surface area contributed by atoms with Gasteiger partial charge in [-0.05, 0) is 74.8 Å². The molecule has 2 heterocycles. The van der Waals surface area contributed by atoms with E-state index in [2.05, 4.69) is 57.9 Å².